The van der Waals surface area contributed by atoms with Crippen LogP contribution >= 0.6 is 0 Å². The van der Waals surface area contributed by atoms with Gasteiger partial charge in [-0.15, -0.1) is 0 Å². The third-order valence-corrected chi connectivity index (χ3v) is 1.44. The van der Waals surface area contributed by atoms with Gasteiger partial charge in [-0.2, -0.15) is 0 Å². The van der Waals surface area contributed by atoms with E-state index in [4.69, 9.17) is 0 Å². The van der Waals surface area contributed by atoms with E-state index in [1.54, 1.807) is 0 Å². The van der Waals surface area contributed by atoms with E-state index in [-0.39, 0.29) is 17.1 Å². The third-order valence-electron chi connectivity index (χ3n) is 1.44. The fraction of sp³-hybridized carbons (Fsp3) is 1.00. The van der Waals surface area contributed by atoms with Crippen LogP contribution in [0.5, 0.6) is 0 Å². The van der Waals surface area contributed by atoms with Crippen LogP contribution in [0, 0.1) is 0 Å². The first-order chi connectivity index (χ1) is 4.50. The smallest absolute Gasteiger partial charge is 0.314 e. The minimum Gasteiger partial charge on any atom is -0.314 e. The van der Waals surface area contributed by atoms with Crippen LogP contribution in [0.4, 0.5) is 0 Å². The average Bonchev–Trinajstić information content (AvgIpc) is 2.00. The maximum absolute atomic E-state index is 3.30. The second-order valence-electron chi connectivity index (χ2n) is 2.25. The van der Waals surface area contributed by atoms with Crippen molar-refractivity contribution in [2.45, 2.75) is 0 Å². The van der Waals surface area contributed by atoms with Crippen molar-refractivity contribution >= 4 is 0 Å². The van der Waals surface area contributed by atoms with Gasteiger partial charge in [0, 0.05) is 39.3 Å². The van der Waals surface area contributed by atoms with Gasteiger partial charge in [0.05, 0.1) is 0 Å². The molecule has 0 radical (unpaired) electrons. The average molecular weight is 193 g/mol. The molecule has 0 aliphatic carbocycles. The van der Waals surface area contributed by atoms with Crippen LogP contribution in [0.2, 0.25) is 0 Å². The minimum absolute atomic E-state index is 0. The molecule has 10 heavy (non-hydrogen) atoms. The first-order valence-corrected chi connectivity index (χ1v) is 3.62. The molecule has 3 N–H and O–H groups in total. The van der Waals surface area contributed by atoms with Gasteiger partial charge in [0.2, 0.25) is 0 Å². The van der Waals surface area contributed by atoms with Gasteiger partial charge in [0.25, 0.3) is 0 Å². The second-order valence-corrected chi connectivity index (χ2v) is 2.25. The summed E-state index contributed by atoms with van der Waals surface area (Å²) in [6.07, 6.45) is 0. The molecule has 1 aliphatic rings. The van der Waals surface area contributed by atoms with Crippen LogP contribution in [-0.2, 0) is 17.1 Å². The van der Waals surface area contributed by atoms with E-state index in [2.05, 4.69) is 16.0 Å². The number of rotatable bonds is 0. The Morgan fingerprint density at radius 2 is 0.700 bits per heavy atom. The molecule has 0 amide bonds. The number of nitrogens with one attached hydrogen (secondary N) is 3. The quantitative estimate of drug-likeness (QED) is 0.421. The van der Waals surface area contributed by atoms with Crippen LogP contribution in [0.25, 0.3) is 0 Å². The minimum atomic E-state index is 0. The van der Waals surface area contributed by atoms with E-state index in [9.17, 15) is 0 Å². The molecule has 0 aromatic heterocycles. The van der Waals surface area contributed by atoms with Crippen molar-refractivity contribution in [3.05, 3.63) is 0 Å². The summed E-state index contributed by atoms with van der Waals surface area (Å²) in [4.78, 5) is 0. The van der Waals surface area contributed by atoms with Gasteiger partial charge in [-0.3, -0.25) is 0 Å². The molecule has 64 valence electrons. The molecule has 0 atom stereocenters. The van der Waals surface area contributed by atoms with Gasteiger partial charge in [-0.1, -0.05) is 0 Å². The molecule has 0 unspecified atom stereocenters. The molecule has 1 fully saturated rings. The van der Waals surface area contributed by atoms with E-state index in [0.717, 1.165) is 39.3 Å². The molecule has 1 saturated heterocycles. The Bertz CT molecular complexity index is 41.5. The van der Waals surface area contributed by atoms with Gasteiger partial charge in [-0.25, -0.2) is 0 Å². The van der Waals surface area contributed by atoms with Crippen molar-refractivity contribution in [1.82, 2.24) is 16.0 Å². The Hall–Kier alpha value is 0.399. The molecule has 4 heteroatoms. The van der Waals surface area contributed by atoms with E-state index in [1.165, 1.54) is 0 Å². The van der Waals surface area contributed by atoms with E-state index in [0.29, 0.717) is 0 Å². The number of hydrogen-bond donors (Lipinski definition) is 3. The Labute approximate surface area is 72.8 Å². The summed E-state index contributed by atoms with van der Waals surface area (Å²) in [6, 6.07) is 0. The molecule has 1 aliphatic heterocycles. The molecule has 1 rings (SSSR count). The molecule has 0 spiro atoms. The van der Waals surface area contributed by atoms with Gasteiger partial charge >= 0.3 is 17.1 Å². The van der Waals surface area contributed by atoms with Crippen molar-refractivity contribution < 1.29 is 17.1 Å². The second kappa shape index (κ2) is 7.51. The summed E-state index contributed by atoms with van der Waals surface area (Å²) in [6.45, 7) is 6.59. The summed E-state index contributed by atoms with van der Waals surface area (Å²) in [5.74, 6) is 0. The monoisotopic (exact) mass is 192 g/mol. The van der Waals surface area contributed by atoms with E-state index < -0.39 is 0 Å². The van der Waals surface area contributed by atoms with Crippen LogP contribution in [0.15, 0.2) is 0 Å². The van der Waals surface area contributed by atoms with Crippen molar-refractivity contribution in [2.24, 2.45) is 0 Å². The molecule has 1 heterocycles. The molecule has 0 aromatic carbocycles. The largest absolute Gasteiger partial charge is 1.00 e. The zero-order chi connectivity index (χ0) is 6.36. The zero-order valence-electron chi connectivity index (χ0n) is 6.04. The standard InChI is InChI=1S/C6H15N3.Cu/c1-2-8-5-6-9-4-3-7-1;/h7-9H,1-6H2;/q;+1. The van der Waals surface area contributed by atoms with Crippen molar-refractivity contribution in [3.8, 4) is 0 Å². The summed E-state index contributed by atoms with van der Waals surface area (Å²) in [5.41, 5.74) is 0. The molecule has 3 nitrogen and oxygen atoms in total. The van der Waals surface area contributed by atoms with Crippen LogP contribution in [-0.4, -0.2) is 39.3 Å². The maximum atomic E-state index is 3.30. The predicted molar refractivity (Wildman–Crippen MR) is 38.6 cm³/mol. The van der Waals surface area contributed by atoms with Crippen molar-refractivity contribution in [3.63, 3.8) is 0 Å². The first-order valence-electron chi connectivity index (χ1n) is 3.62. The van der Waals surface area contributed by atoms with Gasteiger partial charge in [0.15, 0.2) is 0 Å². The van der Waals surface area contributed by atoms with Gasteiger partial charge in [0.1, 0.15) is 0 Å². The molecular formula is C6H15CuN3+. The molecule has 0 aromatic rings. The van der Waals surface area contributed by atoms with E-state index in [1.807, 2.05) is 0 Å². The summed E-state index contributed by atoms with van der Waals surface area (Å²) >= 11 is 0. The Morgan fingerprint density at radius 1 is 0.500 bits per heavy atom. The van der Waals surface area contributed by atoms with Gasteiger partial charge in [-0.05, 0) is 0 Å². The zero-order valence-corrected chi connectivity index (χ0v) is 6.99. The van der Waals surface area contributed by atoms with Crippen molar-refractivity contribution in [2.75, 3.05) is 39.3 Å². The van der Waals surface area contributed by atoms with Crippen LogP contribution in [0.3, 0.4) is 0 Å². The fourth-order valence-corrected chi connectivity index (χ4v) is 0.905. The molecule has 0 bridgehead atoms. The normalized spacial score (nSPS) is 21.6. The SMILES string of the molecule is C1CNCCNCCN1.[Cu+]. The molecule has 0 saturated carbocycles. The topological polar surface area (TPSA) is 36.1 Å². The van der Waals surface area contributed by atoms with Crippen LogP contribution in [0.1, 0.15) is 0 Å². The fourth-order valence-electron chi connectivity index (χ4n) is 0.905. The molecular weight excluding hydrogens is 178 g/mol. The third kappa shape index (κ3) is 5.21. The Balaban J connectivity index is 0.000000810. The number of hydrogen-bond acceptors (Lipinski definition) is 3. The van der Waals surface area contributed by atoms with E-state index >= 15 is 0 Å². The van der Waals surface area contributed by atoms with Crippen molar-refractivity contribution in [1.29, 1.82) is 0 Å². The summed E-state index contributed by atoms with van der Waals surface area (Å²) < 4.78 is 0. The first kappa shape index (κ1) is 10.4. The summed E-state index contributed by atoms with van der Waals surface area (Å²) in [7, 11) is 0. The summed E-state index contributed by atoms with van der Waals surface area (Å²) in [5, 5.41) is 9.91. The predicted octanol–water partition coefficient (Wildman–Crippen LogP) is -1.23. The Morgan fingerprint density at radius 3 is 0.900 bits per heavy atom. The van der Waals surface area contributed by atoms with Gasteiger partial charge < -0.3 is 16.0 Å². The Kier molecular flexibility index (Phi) is 7.81. The maximum Gasteiger partial charge on any atom is 1.00 e. The van der Waals surface area contributed by atoms with Crippen LogP contribution < -0.4 is 16.0 Å².